The molecule has 0 saturated carbocycles. The molecule has 0 saturated heterocycles. The Bertz CT molecular complexity index is 342. The van der Waals surface area contributed by atoms with E-state index in [1.165, 1.54) is 6.20 Å². The second kappa shape index (κ2) is 5.29. The van der Waals surface area contributed by atoms with Gasteiger partial charge in [0.25, 0.3) is 5.56 Å². The Labute approximate surface area is 89.9 Å². The Kier molecular flexibility index (Phi) is 5.12. The summed E-state index contributed by atoms with van der Waals surface area (Å²) in [6.45, 7) is 1.98. The van der Waals surface area contributed by atoms with Crippen molar-refractivity contribution in [1.29, 1.82) is 0 Å². The number of hydrogen-bond acceptors (Lipinski definition) is 2. The summed E-state index contributed by atoms with van der Waals surface area (Å²) in [6.07, 6.45) is 3.06. The fourth-order valence-corrected chi connectivity index (χ4v) is 0.893. The summed E-state index contributed by atoms with van der Waals surface area (Å²) < 4.78 is 0. The van der Waals surface area contributed by atoms with Gasteiger partial charge in [-0.05, 0) is 6.42 Å². The summed E-state index contributed by atoms with van der Waals surface area (Å²) in [5.41, 5.74) is -0.0995. The van der Waals surface area contributed by atoms with Crippen molar-refractivity contribution >= 4 is 0 Å². The van der Waals surface area contributed by atoms with Crippen LogP contribution in [0.2, 0.25) is 0 Å². The van der Waals surface area contributed by atoms with E-state index in [1.54, 1.807) is 0 Å². The third kappa shape index (κ3) is 2.93. The van der Waals surface area contributed by atoms with Gasteiger partial charge in [0.2, 0.25) is 0 Å². The van der Waals surface area contributed by atoms with Crippen LogP contribution in [-0.4, -0.2) is 9.97 Å². The van der Waals surface area contributed by atoms with E-state index in [9.17, 15) is 9.59 Å². The molecule has 1 rings (SSSR count). The predicted octanol–water partition coefficient (Wildman–Crippen LogP) is 0.0132. The molecule has 1 aromatic heterocycles. The van der Waals surface area contributed by atoms with Crippen LogP contribution in [0.25, 0.3) is 0 Å². The minimum Gasteiger partial charge on any atom is -0.314 e. The Morgan fingerprint density at radius 3 is 2.58 bits per heavy atom. The maximum absolute atomic E-state index is 11.0. The number of nitrogens with one attached hydrogen (secondary N) is 2. The van der Waals surface area contributed by atoms with Gasteiger partial charge in [-0.2, -0.15) is 0 Å². The molecule has 0 aliphatic heterocycles. The molecule has 1 aromatic rings. The normalized spacial score (nSPS) is 9.08. The summed E-state index contributed by atoms with van der Waals surface area (Å²) in [6, 6.07) is 0. The molecule has 12 heavy (non-hydrogen) atoms. The first-order chi connectivity index (χ1) is 5.24. The zero-order valence-electron chi connectivity index (χ0n) is 7.02. The van der Waals surface area contributed by atoms with Gasteiger partial charge >= 0.3 is 5.69 Å². The number of aromatic nitrogens is 2. The Hall–Kier alpha value is -0.385. The molecule has 2 N–H and O–H groups in total. The molecule has 0 radical (unpaired) electrons. The first-order valence-corrected chi connectivity index (χ1v) is 3.55. The number of rotatable bonds is 2. The first kappa shape index (κ1) is 11.6. The fourth-order valence-electron chi connectivity index (χ4n) is 0.893. The van der Waals surface area contributed by atoms with Crippen LogP contribution in [0.3, 0.4) is 0 Å². The quantitative estimate of drug-likeness (QED) is 0.735. The van der Waals surface area contributed by atoms with Gasteiger partial charge < -0.3 is 4.98 Å². The zero-order valence-corrected chi connectivity index (χ0v) is 12.5. The SMILES string of the molecule is CCCc1c[nH]c(=O)[nH]c1=O.[Hg]. The van der Waals surface area contributed by atoms with E-state index in [0.29, 0.717) is 12.0 Å². The smallest absolute Gasteiger partial charge is 0.314 e. The van der Waals surface area contributed by atoms with Crippen LogP contribution in [0.15, 0.2) is 15.8 Å². The van der Waals surface area contributed by atoms with Crippen molar-refractivity contribution in [2.24, 2.45) is 0 Å². The summed E-state index contributed by atoms with van der Waals surface area (Å²) in [7, 11) is 0. The van der Waals surface area contributed by atoms with E-state index in [0.717, 1.165) is 6.42 Å². The first-order valence-electron chi connectivity index (χ1n) is 3.55. The molecule has 0 unspecified atom stereocenters. The summed E-state index contributed by atoms with van der Waals surface area (Å²) in [4.78, 5) is 26.1. The van der Waals surface area contributed by atoms with E-state index in [1.807, 2.05) is 6.92 Å². The maximum Gasteiger partial charge on any atom is 0.325 e. The number of aromatic amines is 2. The molecule has 0 aliphatic rings. The molecule has 5 heteroatoms. The van der Waals surface area contributed by atoms with Crippen LogP contribution in [0.5, 0.6) is 0 Å². The summed E-state index contributed by atoms with van der Waals surface area (Å²) in [5.74, 6) is 0. The average molecular weight is 355 g/mol. The molecular formula is C7H10HgN2O2. The van der Waals surface area contributed by atoms with Gasteiger partial charge in [-0.25, -0.2) is 4.79 Å². The number of hydrogen-bond donors (Lipinski definition) is 2. The molecule has 0 fully saturated rings. The van der Waals surface area contributed by atoms with Crippen LogP contribution < -0.4 is 11.2 Å². The monoisotopic (exact) mass is 356 g/mol. The topological polar surface area (TPSA) is 65.7 Å². The molecule has 1 heterocycles. The van der Waals surface area contributed by atoms with Crippen LogP contribution in [0.4, 0.5) is 0 Å². The van der Waals surface area contributed by atoms with E-state index in [2.05, 4.69) is 9.97 Å². The maximum atomic E-state index is 11.0. The number of aryl methyl sites for hydroxylation is 1. The zero-order chi connectivity index (χ0) is 8.27. The van der Waals surface area contributed by atoms with Crippen LogP contribution >= 0.6 is 0 Å². The second-order valence-corrected chi connectivity index (χ2v) is 2.35. The van der Waals surface area contributed by atoms with Gasteiger partial charge in [-0.15, -0.1) is 0 Å². The van der Waals surface area contributed by atoms with Crippen LogP contribution in [0.1, 0.15) is 18.9 Å². The molecule has 62 valence electrons. The molecule has 0 atom stereocenters. The molecule has 4 nitrogen and oxygen atoms in total. The Morgan fingerprint density at radius 2 is 2.08 bits per heavy atom. The molecule has 0 aliphatic carbocycles. The van der Waals surface area contributed by atoms with Crippen LogP contribution in [0, 0.1) is 0 Å². The molecule has 0 spiro atoms. The number of H-pyrrole nitrogens is 2. The van der Waals surface area contributed by atoms with Crippen molar-refractivity contribution in [2.75, 3.05) is 0 Å². The molecule has 0 bridgehead atoms. The minimum atomic E-state index is -0.449. The minimum absolute atomic E-state index is 0. The summed E-state index contributed by atoms with van der Waals surface area (Å²) >= 11 is 0. The van der Waals surface area contributed by atoms with Crippen molar-refractivity contribution in [2.45, 2.75) is 19.8 Å². The van der Waals surface area contributed by atoms with Crippen molar-refractivity contribution in [3.63, 3.8) is 0 Å². The second-order valence-electron chi connectivity index (χ2n) is 2.35. The van der Waals surface area contributed by atoms with Crippen molar-refractivity contribution in [3.05, 3.63) is 32.6 Å². The fraction of sp³-hybridized carbons (Fsp3) is 0.429. The predicted molar refractivity (Wildman–Crippen MR) is 41.7 cm³/mol. The van der Waals surface area contributed by atoms with Crippen molar-refractivity contribution in [3.8, 4) is 0 Å². The Balaban J connectivity index is 0.00000121. The van der Waals surface area contributed by atoms with Gasteiger partial charge in [0.05, 0.1) is 0 Å². The standard InChI is InChI=1S/C7H10N2O2.Hg/c1-2-3-5-4-8-7(11)9-6(5)10;/h4H,2-3H2,1H3,(H2,8,9,10,11);. The van der Waals surface area contributed by atoms with Crippen LogP contribution in [-0.2, 0) is 34.1 Å². The van der Waals surface area contributed by atoms with E-state index in [-0.39, 0.29) is 33.2 Å². The van der Waals surface area contributed by atoms with E-state index < -0.39 is 5.69 Å². The molecule has 0 amide bonds. The average Bonchev–Trinajstić information content (AvgIpc) is 1.95. The molecule has 0 aromatic carbocycles. The van der Waals surface area contributed by atoms with Gasteiger partial charge in [0.1, 0.15) is 0 Å². The molecular weight excluding hydrogens is 345 g/mol. The van der Waals surface area contributed by atoms with Gasteiger partial charge in [0.15, 0.2) is 0 Å². The van der Waals surface area contributed by atoms with Gasteiger partial charge in [0, 0.05) is 39.4 Å². The van der Waals surface area contributed by atoms with E-state index >= 15 is 0 Å². The third-order valence-corrected chi connectivity index (χ3v) is 1.42. The van der Waals surface area contributed by atoms with Crippen molar-refractivity contribution in [1.82, 2.24) is 9.97 Å². The third-order valence-electron chi connectivity index (χ3n) is 1.42. The largest absolute Gasteiger partial charge is 0.325 e. The summed E-state index contributed by atoms with van der Waals surface area (Å²) in [5, 5.41) is 0. The van der Waals surface area contributed by atoms with Crippen molar-refractivity contribution < 1.29 is 27.7 Å². The van der Waals surface area contributed by atoms with Gasteiger partial charge in [-0.1, -0.05) is 13.3 Å². The van der Waals surface area contributed by atoms with Gasteiger partial charge in [-0.3, -0.25) is 9.78 Å². The van der Waals surface area contributed by atoms with E-state index in [4.69, 9.17) is 0 Å². The Morgan fingerprint density at radius 1 is 1.42 bits per heavy atom.